The molecule has 2 heterocycles. The van der Waals surface area contributed by atoms with Crippen LogP contribution in [0.5, 0.6) is 0 Å². The normalized spacial score (nSPS) is 16.9. The van der Waals surface area contributed by atoms with Crippen LogP contribution in [-0.4, -0.2) is 47.1 Å². The van der Waals surface area contributed by atoms with Gasteiger partial charge < -0.3 is 15.3 Å². The summed E-state index contributed by atoms with van der Waals surface area (Å²) < 4.78 is 0. The highest BCUT2D eigenvalue weighted by Crippen LogP contribution is 2.23. The van der Waals surface area contributed by atoms with Crippen LogP contribution in [0.4, 0.5) is 0 Å². The van der Waals surface area contributed by atoms with Crippen LogP contribution >= 0.6 is 11.3 Å². The van der Waals surface area contributed by atoms with Gasteiger partial charge in [-0.25, -0.2) is 0 Å². The highest BCUT2D eigenvalue weighted by Gasteiger charge is 2.41. The van der Waals surface area contributed by atoms with Crippen LogP contribution in [0.3, 0.4) is 0 Å². The van der Waals surface area contributed by atoms with Crippen molar-refractivity contribution in [3.63, 3.8) is 0 Å². The average Bonchev–Trinajstić information content (AvgIpc) is 2.78. The lowest BCUT2D eigenvalue weighted by atomic mass is 9.91. The molecule has 1 saturated heterocycles. The van der Waals surface area contributed by atoms with E-state index in [9.17, 15) is 14.7 Å². The van der Waals surface area contributed by atoms with E-state index in [1.807, 2.05) is 19.9 Å². The van der Waals surface area contributed by atoms with E-state index in [1.165, 1.54) is 11.3 Å². The molecule has 104 valence electrons. The van der Waals surface area contributed by atoms with Crippen molar-refractivity contribution in [3.8, 4) is 0 Å². The van der Waals surface area contributed by atoms with Crippen molar-refractivity contribution in [1.82, 2.24) is 10.2 Å². The Hall–Kier alpha value is -1.40. The maximum absolute atomic E-state index is 11.8. The molecule has 0 unspecified atom stereocenters. The largest absolute Gasteiger partial charge is 0.386 e. The van der Waals surface area contributed by atoms with Crippen molar-refractivity contribution >= 4 is 23.2 Å². The minimum absolute atomic E-state index is 0.0183. The number of rotatable bonds is 4. The SMILES string of the molecule is CCC1(O)CN(C(=O)CNC(=O)c2ccc(C)s2)C1. The number of likely N-dealkylation sites (tertiary alicyclic amines) is 1. The first-order valence-electron chi connectivity index (χ1n) is 6.28. The van der Waals surface area contributed by atoms with Gasteiger partial charge in [-0.05, 0) is 25.5 Å². The molecule has 2 amide bonds. The quantitative estimate of drug-likeness (QED) is 0.857. The average molecular weight is 282 g/mol. The third-order valence-corrected chi connectivity index (χ3v) is 4.34. The number of hydrogen-bond donors (Lipinski definition) is 2. The monoisotopic (exact) mass is 282 g/mol. The number of hydrogen-bond acceptors (Lipinski definition) is 4. The number of nitrogens with zero attached hydrogens (tertiary/aromatic N) is 1. The van der Waals surface area contributed by atoms with Crippen LogP contribution in [0.1, 0.15) is 27.9 Å². The Morgan fingerprint density at radius 1 is 1.47 bits per heavy atom. The molecule has 0 aliphatic carbocycles. The van der Waals surface area contributed by atoms with Crippen molar-refractivity contribution in [2.45, 2.75) is 25.9 Å². The summed E-state index contributed by atoms with van der Waals surface area (Å²) in [7, 11) is 0. The summed E-state index contributed by atoms with van der Waals surface area (Å²) in [4.78, 5) is 26.8. The van der Waals surface area contributed by atoms with E-state index in [4.69, 9.17) is 0 Å². The molecule has 0 saturated carbocycles. The maximum Gasteiger partial charge on any atom is 0.261 e. The van der Waals surface area contributed by atoms with Gasteiger partial charge in [0.1, 0.15) is 0 Å². The summed E-state index contributed by atoms with van der Waals surface area (Å²) in [6, 6.07) is 3.62. The first kappa shape index (κ1) is 14.0. The van der Waals surface area contributed by atoms with Crippen LogP contribution < -0.4 is 5.32 Å². The zero-order chi connectivity index (χ0) is 14.0. The van der Waals surface area contributed by atoms with Gasteiger partial charge in [-0.2, -0.15) is 0 Å². The van der Waals surface area contributed by atoms with E-state index in [0.29, 0.717) is 24.4 Å². The van der Waals surface area contributed by atoms with Gasteiger partial charge in [0.15, 0.2) is 0 Å². The molecule has 1 fully saturated rings. The molecule has 2 N–H and O–H groups in total. The van der Waals surface area contributed by atoms with Crippen LogP contribution in [-0.2, 0) is 4.79 Å². The van der Waals surface area contributed by atoms with Crippen LogP contribution in [0.25, 0.3) is 0 Å². The fourth-order valence-electron chi connectivity index (χ4n) is 1.98. The second kappa shape index (κ2) is 5.30. The van der Waals surface area contributed by atoms with Crippen molar-refractivity contribution in [1.29, 1.82) is 0 Å². The molecule has 1 aliphatic heterocycles. The zero-order valence-corrected chi connectivity index (χ0v) is 11.9. The highest BCUT2D eigenvalue weighted by molar-refractivity contribution is 7.13. The van der Waals surface area contributed by atoms with Gasteiger partial charge in [0.2, 0.25) is 5.91 Å². The highest BCUT2D eigenvalue weighted by atomic mass is 32.1. The molecule has 1 aromatic heterocycles. The molecule has 2 rings (SSSR count). The minimum atomic E-state index is -0.732. The van der Waals surface area contributed by atoms with E-state index in [1.54, 1.807) is 11.0 Å². The number of β-amino-alcohol motifs (C(OH)–C–C–N with tert-alkyl or cyclic N) is 1. The molecule has 0 spiro atoms. The standard InChI is InChI=1S/C13H18N2O3S/c1-3-13(18)7-15(8-13)11(16)6-14-12(17)10-5-4-9(2)19-10/h4-5,18H,3,6-8H2,1-2H3,(H,14,17). The second-order valence-corrected chi connectivity index (χ2v) is 6.21. The first-order chi connectivity index (χ1) is 8.93. The number of carbonyl (C=O) groups is 2. The van der Waals surface area contributed by atoms with Crippen LogP contribution in [0.15, 0.2) is 12.1 Å². The van der Waals surface area contributed by atoms with Crippen LogP contribution in [0.2, 0.25) is 0 Å². The van der Waals surface area contributed by atoms with Gasteiger partial charge in [0.25, 0.3) is 5.91 Å². The second-order valence-electron chi connectivity index (χ2n) is 4.92. The van der Waals surface area contributed by atoms with Crippen molar-refractivity contribution in [3.05, 3.63) is 21.9 Å². The first-order valence-corrected chi connectivity index (χ1v) is 7.10. The Labute approximate surface area is 116 Å². The number of aryl methyl sites for hydroxylation is 1. The number of carbonyl (C=O) groups excluding carboxylic acids is 2. The Morgan fingerprint density at radius 2 is 2.16 bits per heavy atom. The molecular formula is C13H18N2O3S. The summed E-state index contributed by atoms with van der Waals surface area (Å²) in [5.41, 5.74) is -0.732. The Bertz CT molecular complexity index is 492. The molecule has 6 heteroatoms. The van der Waals surface area contributed by atoms with Gasteiger partial charge in [-0.15, -0.1) is 11.3 Å². The number of thiophene rings is 1. The minimum Gasteiger partial charge on any atom is -0.386 e. The predicted molar refractivity (Wildman–Crippen MR) is 73.2 cm³/mol. The number of nitrogens with one attached hydrogen (secondary N) is 1. The summed E-state index contributed by atoms with van der Waals surface area (Å²) >= 11 is 1.40. The van der Waals surface area contributed by atoms with E-state index in [0.717, 1.165) is 4.88 Å². The lowest BCUT2D eigenvalue weighted by molar-refractivity contribution is -0.154. The molecule has 1 aliphatic rings. The topological polar surface area (TPSA) is 69.6 Å². The fraction of sp³-hybridized carbons (Fsp3) is 0.538. The molecule has 0 atom stereocenters. The van der Waals surface area contributed by atoms with Crippen LogP contribution in [0, 0.1) is 6.92 Å². The molecule has 5 nitrogen and oxygen atoms in total. The van der Waals surface area contributed by atoms with E-state index in [-0.39, 0.29) is 18.4 Å². The van der Waals surface area contributed by atoms with Gasteiger partial charge >= 0.3 is 0 Å². The Balaban J connectivity index is 1.77. The molecule has 19 heavy (non-hydrogen) atoms. The Morgan fingerprint density at radius 3 is 2.68 bits per heavy atom. The molecule has 0 radical (unpaired) electrons. The maximum atomic E-state index is 11.8. The summed E-state index contributed by atoms with van der Waals surface area (Å²) in [6.07, 6.45) is 0.637. The lowest BCUT2D eigenvalue weighted by Crippen LogP contribution is -2.64. The fourth-order valence-corrected chi connectivity index (χ4v) is 2.76. The third kappa shape index (κ3) is 3.13. The zero-order valence-electron chi connectivity index (χ0n) is 11.1. The number of aliphatic hydroxyl groups is 1. The van der Waals surface area contributed by atoms with Gasteiger partial charge in [0, 0.05) is 4.88 Å². The molecule has 0 bridgehead atoms. The molecule has 0 aromatic carbocycles. The molecule has 1 aromatic rings. The van der Waals surface area contributed by atoms with E-state index < -0.39 is 5.60 Å². The van der Waals surface area contributed by atoms with Gasteiger partial charge in [0.05, 0.1) is 30.1 Å². The summed E-state index contributed by atoms with van der Waals surface area (Å²) in [5, 5.41) is 12.4. The summed E-state index contributed by atoms with van der Waals surface area (Å²) in [6.45, 7) is 4.52. The lowest BCUT2D eigenvalue weighted by Gasteiger charge is -2.46. The smallest absolute Gasteiger partial charge is 0.261 e. The van der Waals surface area contributed by atoms with Crippen molar-refractivity contribution in [2.75, 3.05) is 19.6 Å². The summed E-state index contributed by atoms with van der Waals surface area (Å²) in [5.74, 6) is -0.377. The van der Waals surface area contributed by atoms with E-state index in [2.05, 4.69) is 5.32 Å². The van der Waals surface area contributed by atoms with E-state index >= 15 is 0 Å². The van der Waals surface area contributed by atoms with Gasteiger partial charge in [-0.1, -0.05) is 6.92 Å². The van der Waals surface area contributed by atoms with Crippen molar-refractivity contribution < 1.29 is 14.7 Å². The van der Waals surface area contributed by atoms with Crippen molar-refractivity contribution in [2.24, 2.45) is 0 Å². The third-order valence-electron chi connectivity index (χ3n) is 3.35. The Kier molecular flexibility index (Phi) is 3.91. The molecular weight excluding hydrogens is 264 g/mol. The van der Waals surface area contributed by atoms with Gasteiger partial charge in [-0.3, -0.25) is 9.59 Å². The predicted octanol–water partition coefficient (Wildman–Crippen LogP) is 0.770. The number of amides is 2.